The zero-order chi connectivity index (χ0) is 24.8. The first-order valence-electron chi connectivity index (χ1n) is 11.8. The summed E-state index contributed by atoms with van der Waals surface area (Å²) in [4.78, 5) is 25.9. The number of carbonyl (C=O) groups is 1. The van der Waals surface area contributed by atoms with E-state index in [9.17, 15) is 4.79 Å². The molecule has 0 aliphatic carbocycles. The van der Waals surface area contributed by atoms with Gasteiger partial charge in [-0.3, -0.25) is 9.48 Å². The maximum Gasteiger partial charge on any atom is 0.308 e. The molecule has 0 aromatic carbocycles. The lowest BCUT2D eigenvalue weighted by Crippen LogP contribution is -2.26. The molecule has 0 spiro atoms. The normalized spacial score (nSPS) is 12.5. The van der Waals surface area contributed by atoms with E-state index < -0.39 is 5.60 Å². The molecular weight excluding hydrogens is 442 g/mol. The van der Waals surface area contributed by atoms with Crippen molar-refractivity contribution >= 4 is 17.0 Å². The number of fused-ring (bicyclic) bond motifs is 1. The maximum atomic E-state index is 12.6. The largest absolute Gasteiger partial charge is 0.481 e. The predicted octanol–water partition coefficient (Wildman–Crippen LogP) is 4.73. The SMILES string of the molecule is COc1ccc(C(CC(=O)OC(C)(C)C)n2ccc(CCCc3ccc4cccnc4n3)n2)cn1. The molecule has 8 nitrogen and oxygen atoms in total. The van der Waals surface area contributed by atoms with Crippen LogP contribution in [-0.4, -0.2) is 43.4 Å². The van der Waals surface area contributed by atoms with Crippen LogP contribution in [0.2, 0.25) is 0 Å². The number of esters is 1. The zero-order valence-electron chi connectivity index (χ0n) is 20.6. The quantitative estimate of drug-likeness (QED) is 0.325. The molecule has 0 N–H and O–H groups in total. The van der Waals surface area contributed by atoms with Crippen LogP contribution in [0.15, 0.2) is 61.1 Å². The number of nitrogens with zero attached hydrogens (tertiary/aromatic N) is 5. The van der Waals surface area contributed by atoms with Crippen molar-refractivity contribution in [2.75, 3.05) is 7.11 Å². The summed E-state index contributed by atoms with van der Waals surface area (Å²) in [6, 6.07) is 13.4. The van der Waals surface area contributed by atoms with Crippen LogP contribution in [-0.2, 0) is 22.4 Å². The van der Waals surface area contributed by atoms with Gasteiger partial charge in [0.1, 0.15) is 5.60 Å². The second kappa shape index (κ2) is 10.6. The highest BCUT2D eigenvalue weighted by Gasteiger charge is 2.24. The Morgan fingerprint density at radius 3 is 2.60 bits per heavy atom. The minimum Gasteiger partial charge on any atom is -0.481 e. The Morgan fingerprint density at radius 2 is 1.86 bits per heavy atom. The van der Waals surface area contributed by atoms with Crippen LogP contribution < -0.4 is 4.74 Å². The molecule has 0 fully saturated rings. The van der Waals surface area contributed by atoms with Gasteiger partial charge in [0, 0.05) is 35.7 Å². The summed E-state index contributed by atoms with van der Waals surface area (Å²) in [7, 11) is 1.57. The highest BCUT2D eigenvalue weighted by atomic mass is 16.6. The van der Waals surface area contributed by atoms with Gasteiger partial charge in [-0.1, -0.05) is 0 Å². The van der Waals surface area contributed by atoms with Gasteiger partial charge in [0.25, 0.3) is 0 Å². The van der Waals surface area contributed by atoms with Crippen LogP contribution in [0, 0.1) is 0 Å². The lowest BCUT2D eigenvalue weighted by atomic mass is 10.1. The van der Waals surface area contributed by atoms with Gasteiger partial charge in [-0.2, -0.15) is 5.10 Å². The number of carbonyl (C=O) groups excluding carboxylic acids is 1. The van der Waals surface area contributed by atoms with Crippen molar-refractivity contribution in [3.63, 3.8) is 0 Å². The fourth-order valence-electron chi connectivity index (χ4n) is 3.88. The van der Waals surface area contributed by atoms with Gasteiger partial charge in [-0.25, -0.2) is 15.0 Å². The number of rotatable bonds is 9. The highest BCUT2D eigenvalue weighted by Crippen LogP contribution is 2.25. The van der Waals surface area contributed by atoms with Crippen molar-refractivity contribution in [1.82, 2.24) is 24.7 Å². The van der Waals surface area contributed by atoms with Gasteiger partial charge in [-0.15, -0.1) is 0 Å². The average molecular weight is 474 g/mol. The van der Waals surface area contributed by atoms with Gasteiger partial charge in [0.15, 0.2) is 5.65 Å². The van der Waals surface area contributed by atoms with Gasteiger partial charge >= 0.3 is 5.97 Å². The molecule has 4 aromatic rings. The number of hydrogen-bond acceptors (Lipinski definition) is 7. The molecule has 4 rings (SSSR count). The lowest BCUT2D eigenvalue weighted by molar-refractivity contribution is -0.155. The van der Waals surface area contributed by atoms with Gasteiger partial charge in [0.05, 0.1) is 25.3 Å². The fraction of sp³-hybridized carbons (Fsp3) is 0.370. The number of hydrogen-bond donors (Lipinski definition) is 0. The molecule has 0 bridgehead atoms. The summed E-state index contributed by atoms with van der Waals surface area (Å²) in [5.41, 5.74) is 3.05. The first kappa shape index (κ1) is 24.3. The molecule has 0 aliphatic heterocycles. The van der Waals surface area contributed by atoms with Crippen LogP contribution >= 0.6 is 0 Å². The van der Waals surface area contributed by atoms with E-state index in [4.69, 9.17) is 14.6 Å². The maximum absolute atomic E-state index is 12.6. The van der Waals surface area contributed by atoms with Crippen LogP contribution in [0.5, 0.6) is 5.88 Å². The van der Waals surface area contributed by atoms with Crippen LogP contribution in [0.4, 0.5) is 0 Å². The Kier molecular flexibility index (Phi) is 7.39. The molecule has 8 heteroatoms. The first-order chi connectivity index (χ1) is 16.8. The van der Waals surface area contributed by atoms with Crippen LogP contribution in [0.1, 0.15) is 56.6 Å². The summed E-state index contributed by atoms with van der Waals surface area (Å²) in [6.45, 7) is 5.59. The predicted molar refractivity (Wildman–Crippen MR) is 133 cm³/mol. The molecule has 1 unspecified atom stereocenters. The van der Waals surface area contributed by atoms with Crippen molar-refractivity contribution in [3.05, 3.63) is 78.0 Å². The molecular formula is C27H31N5O3. The number of pyridine rings is 3. The Balaban J connectivity index is 1.45. The highest BCUT2D eigenvalue weighted by molar-refractivity contribution is 5.74. The third-order valence-corrected chi connectivity index (χ3v) is 5.50. The third-order valence-electron chi connectivity index (χ3n) is 5.50. The van der Waals surface area contributed by atoms with E-state index in [1.165, 1.54) is 0 Å². The van der Waals surface area contributed by atoms with E-state index in [0.29, 0.717) is 5.88 Å². The Hall–Kier alpha value is -3.81. The van der Waals surface area contributed by atoms with Crippen LogP contribution in [0.25, 0.3) is 11.0 Å². The number of ether oxygens (including phenoxy) is 2. The summed E-state index contributed by atoms with van der Waals surface area (Å²) in [5.74, 6) is 0.231. The van der Waals surface area contributed by atoms with Crippen molar-refractivity contribution < 1.29 is 14.3 Å². The molecule has 4 heterocycles. The fourth-order valence-corrected chi connectivity index (χ4v) is 3.88. The second-order valence-electron chi connectivity index (χ2n) is 9.43. The molecule has 4 aromatic heterocycles. The molecule has 0 saturated carbocycles. The lowest BCUT2D eigenvalue weighted by Gasteiger charge is -2.23. The topological polar surface area (TPSA) is 92.0 Å². The van der Waals surface area contributed by atoms with E-state index >= 15 is 0 Å². The van der Waals surface area contributed by atoms with E-state index in [1.54, 1.807) is 25.6 Å². The Labute approximate surface area is 205 Å². The second-order valence-corrected chi connectivity index (χ2v) is 9.43. The zero-order valence-corrected chi connectivity index (χ0v) is 20.6. The van der Waals surface area contributed by atoms with Crippen molar-refractivity contribution in [2.24, 2.45) is 0 Å². The molecule has 35 heavy (non-hydrogen) atoms. The molecule has 1 atom stereocenters. The third kappa shape index (κ3) is 6.62. The van der Waals surface area contributed by atoms with Crippen LogP contribution in [0.3, 0.4) is 0 Å². The van der Waals surface area contributed by atoms with Gasteiger partial charge < -0.3 is 9.47 Å². The minimum atomic E-state index is -0.554. The number of aromatic nitrogens is 5. The Bertz CT molecular complexity index is 1280. The van der Waals surface area contributed by atoms with Crippen molar-refractivity contribution in [1.29, 1.82) is 0 Å². The van der Waals surface area contributed by atoms with E-state index in [-0.39, 0.29) is 18.4 Å². The molecule has 182 valence electrons. The first-order valence-corrected chi connectivity index (χ1v) is 11.8. The summed E-state index contributed by atoms with van der Waals surface area (Å²) < 4.78 is 12.6. The molecule has 0 amide bonds. The standard InChI is InChI=1S/C27H31N5O3/c1-27(2,3)35-25(33)17-23(20-11-13-24(34-4)29-18-20)32-16-14-22(31-32)9-5-8-21-12-10-19-7-6-15-28-26(19)30-21/h6-7,10-16,18,23H,5,8-9,17H2,1-4H3. The van der Waals surface area contributed by atoms with Crippen molar-refractivity contribution in [2.45, 2.75) is 58.1 Å². The monoisotopic (exact) mass is 473 g/mol. The average Bonchev–Trinajstić information content (AvgIpc) is 3.30. The summed E-state index contributed by atoms with van der Waals surface area (Å²) in [5, 5.41) is 5.82. The number of methoxy groups -OCH3 is 1. The molecule has 0 saturated heterocycles. The smallest absolute Gasteiger partial charge is 0.308 e. The summed E-state index contributed by atoms with van der Waals surface area (Å²) >= 11 is 0. The van der Waals surface area contributed by atoms with E-state index in [0.717, 1.165) is 47.2 Å². The Morgan fingerprint density at radius 1 is 1.03 bits per heavy atom. The van der Waals surface area contributed by atoms with Crippen molar-refractivity contribution in [3.8, 4) is 5.88 Å². The van der Waals surface area contributed by atoms with Gasteiger partial charge in [0.2, 0.25) is 5.88 Å². The molecule has 0 radical (unpaired) electrons. The van der Waals surface area contributed by atoms with E-state index in [2.05, 4.69) is 27.1 Å². The summed E-state index contributed by atoms with van der Waals surface area (Å²) in [6.07, 6.45) is 8.08. The number of aryl methyl sites for hydroxylation is 2. The molecule has 0 aliphatic rings. The minimum absolute atomic E-state index is 0.153. The van der Waals surface area contributed by atoms with Gasteiger partial charge in [-0.05, 0) is 82.0 Å². The van der Waals surface area contributed by atoms with E-state index in [1.807, 2.05) is 55.9 Å².